The van der Waals surface area contributed by atoms with Gasteiger partial charge in [0.25, 0.3) is 5.91 Å². The summed E-state index contributed by atoms with van der Waals surface area (Å²) in [5.74, 6) is -0.103. The van der Waals surface area contributed by atoms with Crippen molar-refractivity contribution in [1.29, 1.82) is 0 Å². The molecule has 31 heavy (non-hydrogen) atoms. The Hall–Kier alpha value is -2.28. The number of likely N-dealkylation sites (N-methyl/N-ethyl adjacent to an activating group) is 1. The number of halogens is 1. The van der Waals surface area contributed by atoms with Gasteiger partial charge >= 0.3 is 0 Å². The highest BCUT2D eigenvalue weighted by atomic mass is 35.5. The van der Waals surface area contributed by atoms with E-state index in [1.807, 2.05) is 30.5 Å². The van der Waals surface area contributed by atoms with Crippen molar-refractivity contribution < 1.29 is 9.21 Å². The van der Waals surface area contributed by atoms with E-state index < -0.39 is 6.04 Å². The Labute approximate surface area is 191 Å². The standard InChI is InChI=1S/C24H25ClN2O3S/c1-4-26(5-2)12-13-27-21(15-6-9-17(31-3)10-7-15)20-22(28)18-14-16(25)8-11-19(18)30-23(20)24(27)29/h6-11,14,21H,4-5,12-13H2,1-3H3/t21-/m0/s1. The van der Waals surface area contributed by atoms with Crippen LogP contribution in [0.25, 0.3) is 11.0 Å². The van der Waals surface area contributed by atoms with Gasteiger partial charge in [-0.2, -0.15) is 0 Å². The number of rotatable bonds is 7. The quantitative estimate of drug-likeness (QED) is 0.465. The molecule has 0 aliphatic carbocycles. The molecule has 1 amide bonds. The highest BCUT2D eigenvalue weighted by molar-refractivity contribution is 7.98. The Morgan fingerprint density at radius 1 is 1.10 bits per heavy atom. The molecule has 0 bridgehead atoms. The molecule has 2 heterocycles. The Balaban J connectivity index is 1.86. The van der Waals surface area contributed by atoms with E-state index in [-0.39, 0.29) is 17.1 Å². The van der Waals surface area contributed by atoms with Gasteiger partial charge in [0, 0.05) is 23.0 Å². The highest BCUT2D eigenvalue weighted by Crippen LogP contribution is 2.38. The molecular weight excluding hydrogens is 432 g/mol. The fraction of sp³-hybridized carbons (Fsp3) is 0.333. The summed E-state index contributed by atoms with van der Waals surface area (Å²) in [6, 6.07) is 12.5. The van der Waals surface area contributed by atoms with E-state index in [1.165, 1.54) is 0 Å². The summed E-state index contributed by atoms with van der Waals surface area (Å²) in [4.78, 5) is 32.1. The van der Waals surface area contributed by atoms with Crippen LogP contribution in [0.4, 0.5) is 0 Å². The number of fused-ring (bicyclic) bond motifs is 2. The molecule has 1 aromatic heterocycles. The molecule has 4 rings (SSSR count). The van der Waals surface area contributed by atoms with E-state index in [9.17, 15) is 9.59 Å². The molecule has 5 nitrogen and oxygen atoms in total. The van der Waals surface area contributed by atoms with Gasteiger partial charge in [-0.3, -0.25) is 9.59 Å². The molecule has 0 radical (unpaired) electrons. The second-order valence-electron chi connectivity index (χ2n) is 7.52. The molecule has 1 aliphatic heterocycles. The van der Waals surface area contributed by atoms with Crippen LogP contribution in [-0.2, 0) is 0 Å². The molecule has 0 N–H and O–H groups in total. The zero-order valence-corrected chi connectivity index (χ0v) is 19.4. The normalized spacial score (nSPS) is 15.8. The Bertz CT molecular complexity index is 1170. The van der Waals surface area contributed by atoms with Gasteiger partial charge in [-0.15, -0.1) is 11.8 Å². The van der Waals surface area contributed by atoms with Crippen LogP contribution in [0.2, 0.25) is 5.02 Å². The first-order valence-corrected chi connectivity index (χ1v) is 12.0. The summed E-state index contributed by atoms with van der Waals surface area (Å²) in [5.41, 5.74) is 1.48. The molecule has 0 spiro atoms. The van der Waals surface area contributed by atoms with E-state index in [0.29, 0.717) is 28.1 Å². The van der Waals surface area contributed by atoms with E-state index in [1.54, 1.807) is 34.9 Å². The minimum atomic E-state index is -0.478. The zero-order valence-electron chi connectivity index (χ0n) is 17.9. The third-order valence-electron chi connectivity index (χ3n) is 5.91. The average molecular weight is 457 g/mol. The lowest BCUT2D eigenvalue weighted by molar-refractivity contribution is 0.0708. The summed E-state index contributed by atoms with van der Waals surface area (Å²) in [7, 11) is 0. The largest absolute Gasteiger partial charge is 0.450 e. The second kappa shape index (κ2) is 9.07. The summed E-state index contributed by atoms with van der Waals surface area (Å²) in [6.07, 6.45) is 2.02. The molecular formula is C24H25ClN2O3S. The maximum absolute atomic E-state index is 13.5. The average Bonchev–Trinajstić information content (AvgIpc) is 3.07. The first-order valence-electron chi connectivity index (χ1n) is 10.4. The molecule has 3 aromatic rings. The zero-order chi connectivity index (χ0) is 22.1. The van der Waals surface area contributed by atoms with E-state index in [4.69, 9.17) is 16.0 Å². The number of benzene rings is 2. The fourth-order valence-electron chi connectivity index (χ4n) is 4.14. The van der Waals surface area contributed by atoms with Gasteiger partial charge in [-0.05, 0) is 55.2 Å². The van der Waals surface area contributed by atoms with Gasteiger partial charge in [-0.25, -0.2) is 0 Å². The number of nitrogens with zero attached hydrogens (tertiary/aromatic N) is 2. The summed E-state index contributed by atoms with van der Waals surface area (Å²) < 4.78 is 5.97. The number of carbonyl (C=O) groups excluding carboxylic acids is 1. The van der Waals surface area contributed by atoms with E-state index in [2.05, 4.69) is 18.7 Å². The number of thioether (sulfide) groups is 1. The Morgan fingerprint density at radius 3 is 2.45 bits per heavy atom. The molecule has 1 atom stereocenters. The van der Waals surface area contributed by atoms with Crippen molar-refractivity contribution in [2.45, 2.75) is 24.8 Å². The first kappa shape index (κ1) is 21.9. The number of hydrogen-bond donors (Lipinski definition) is 0. The van der Waals surface area contributed by atoms with E-state index >= 15 is 0 Å². The summed E-state index contributed by atoms with van der Waals surface area (Å²) in [6.45, 7) is 7.24. The van der Waals surface area contributed by atoms with Gasteiger partial charge in [0.15, 0.2) is 5.43 Å². The van der Waals surface area contributed by atoms with Gasteiger partial charge < -0.3 is 14.2 Å². The molecule has 1 aliphatic rings. The van der Waals surface area contributed by atoms with E-state index in [0.717, 1.165) is 30.1 Å². The topological polar surface area (TPSA) is 53.8 Å². The third-order valence-corrected chi connectivity index (χ3v) is 6.89. The predicted octanol–water partition coefficient (Wildman–Crippen LogP) is 5.06. The summed E-state index contributed by atoms with van der Waals surface area (Å²) in [5, 5.41) is 0.860. The molecule has 0 saturated heterocycles. The van der Waals surface area contributed by atoms with Crippen LogP contribution in [0.5, 0.6) is 0 Å². The molecule has 0 fully saturated rings. The van der Waals surface area contributed by atoms with Crippen LogP contribution in [0, 0.1) is 0 Å². The SMILES string of the molecule is CCN(CC)CCN1C(=O)c2oc3ccc(Cl)cc3c(=O)c2[C@@H]1c1ccc(SC)cc1. The van der Waals surface area contributed by atoms with Crippen molar-refractivity contribution in [2.75, 3.05) is 32.4 Å². The number of amides is 1. The minimum absolute atomic E-state index is 0.137. The molecule has 162 valence electrons. The lowest BCUT2D eigenvalue weighted by Gasteiger charge is -2.28. The van der Waals surface area contributed by atoms with Crippen LogP contribution in [-0.4, -0.2) is 48.1 Å². The van der Waals surface area contributed by atoms with Gasteiger partial charge in [-0.1, -0.05) is 37.6 Å². The highest BCUT2D eigenvalue weighted by Gasteiger charge is 2.42. The summed E-state index contributed by atoms with van der Waals surface area (Å²) >= 11 is 7.79. The van der Waals surface area contributed by atoms with Crippen LogP contribution in [0.1, 0.15) is 41.6 Å². The fourth-order valence-corrected chi connectivity index (χ4v) is 4.73. The second-order valence-corrected chi connectivity index (χ2v) is 8.83. The minimum Gasteiger partial charge on any atom is -0.450 e. The van der Waals surface area contributed by atoms with Crippen molar-refractivity contribution in [3.8, 4) is 0 Å². The number of carbonyl (C=O) groups is 1. The lowest BCUT2D eigenvalue weighted by atomic mass is 9.98. The smallest absolute Gasteiger partial charge is 0.290 e. The lowest BCUT2D eigenvalue weighted by Crippen LogP contribution is -2.37. The Morgan fingerprint density at radius 2 is 1.81 bits per heavy atom. The number of hydrogen-bond acceptors (Lipinski definition) is 5. The Kier molecular flexibility index (Phi) is 6.42. The molecule has 0 unspecified atom stereocenters. The van der Waals surface area contributed by atoms with Crippen LogP contribution >= 0.6 is 23.4 Å². The monoisotopic (exact) mass is 456 g/mol. The van der Waals surface area contributed by atoms with Crippen molar-refractivity contribution in [3.05, 3.63) is 74.6 Å². The first-order chi connectivity index (χ1) is 15.0. The third kappa shape index (κ3) is 4.00. The maximum Gasteiger partial charge on any atom is 0.290 e. The molecule has 7 heteroatoms. The van der Waals surface area contributed by atoms with Crippen molar-refractivity contribution in [2.24, 2.45) is 0 Å². The van der Waals surface area contributed by atoms with Crippen molar-refractivity contribution in [1.82, 2.24) is 9.80 Å². The molecule has 0 saturated carbocycles. The van der Waals surface area contributed by atoms with Gasteiger partial charge in [0.1, 0.15) is 5.58 Å². The van der Waals surface area contributed by atoms with Crippen LogP contribution < -0.4 is 5.43 Å². The van der Waals surface area contributed by atoms with Crippen LogP contribution in [0.15, 0.2) is 56.6 Å². The van der Waals surface area contributed by atoms with Crippen molar-refractivity contribution >= 4 is 40.2 Å². The van der Waals surface area contributed by atoms with Gasteiger partial charge in [0.05, 0.1) is 17.0 Å². The molecule has 2 aromatic carbocycles. The van der Waals surface area contributed by atoms with Crippen LogP contribution in [0.3, 0.4) is 0 Å². The predicted molar refractivity (Wildman–Crippen MR) is 126 cm³/mol. The van der Waals surface area contributed by atoms with Gasteiger partial charge in [0.2, 0.25) is 5.76 Å². The van der Waals surface area contributed by atoms with Crippen molar-refractivity contribution in [3.63, 3.8) is 0 Å². The maximum atomic E-state index is 13.5.